The van der Waals surface area contributed by atoms with Crippen LogP contribution in [0.25, 0.3) is 11.4 Å². The van der Waals surface area contributed by atoms with E-state index < -0.39 is 0 Å². The van der Waals surface area contributed by atoms with E-state index in [2.05, 4.69) is 64.3 Å². The Labute approximate surface area is 151 Å². The fourth-order valence-electron chi connectivity index (χ4n) is 1.89. The van der Waals surface area contributed by atoms with Gasteiger partial charge in [-0.15, -0.1) is 0 Å². The van der Waals surface area contributed by atoms with Crippen LogP contribution in [0.5, 0.6) is 5.75 Å². The first-order valence-corrected chi connectivity index (χ1v) is 8.56. The summed E-state index contributed by atoms with van der Waals surface area (Å²) in [5, 5.41) is 0.465. The molecule has 3 nitrogen and oxygen atoms in total. The largest absolute Gasteiger partial charge is 0.496 e. The third-order valence-corrected chi connectivity index (χ3v) is 5.03. The molecule has 1 aromatic heterocycles. The van der Waals surface area contributed by atoms with E-state index in [-0.39, 0.29) is 5.41 Å². The van der Waals surface area contributed by atoms with E-state index in [0.29, 0.717) is 11.0 Å². The lowest BCUT2D eigenvalue weighted by atomic mass is 9.92. The van der Waals surface area contributed by atoms with E-state index in [1.807, 2.05) is 18.2 Å². The molecule has 0 saturated carbocycles. The van der Waals surface area contributed by atoms with Gasteiger partial charge in [-0.1, -0.05) is 48.3 Å². The highest BCUT2D eigenvalue weighted by molar-refractivity contribution is 14.1. The zero-order valence-electron chi connectivity index (χ0n) is 12.2. The van der Waals surface area contributed by atoms with Gasteiger partial charge in [-0.2, -0.15) is 0 Å². The number of halogens is 3. The standard InChI is InChI=1S/C15H15BrClIN2O/c1-15(2,3)12-11(18)13(17)20-14(19-12)9-7-8(16)5-6-10(9)21-4/h5-7H,1-4H3. The minimum absolute atomic E-state index is 0.114. The molecule has 0 spiro atoms. The fraction of sp³-hybridized carbons (Fsp3) is 0.333. The van der Waals surface area contributed by atoms with Gasteiger partial charge in [0.1, 0.15) is 10.9 Å². The smallest absolute Gasteiger partial charge is 0.164 e. The highest BCUT2D eigenvalue weighted by Gasteiger charge is 2.23. The van der Waals surface area contributed by atoms with Gasteiger partial charge in [0.15, 0.2) is 5.82 Å². The lowest BCUT2D eigenvalue weighted by Crippen LogP contribution is -2.17. The molecule has 0 atom stereocenters. The normalized spacial score (nSPS) is 11.6. The van der Waals surface area contributed by atoms with Crippen LogP contribution in [0.4, 0.5) is 0 Å². The van der Waals surface area contributed by atoms with Crippen molar-refractivity contribution in [3.8, 4) is 17.1 Å². The number of benzene rings is 1. The van der Waals surface area contributed by atoms with Crippen LogP contribution in [0.2, 0.25) is 5.15 Å². The van der Waals surface area contributed by atoms with Gasteiger partial charge in [0, 0.05) is 9.89 Å². The van der Waals surface area contributed by atoms with Crippen LogP contribution in [0.1, 0.15) is 26.5 Å². The topological polar surface area (TPSA) is 35.0 Å². The SMILES string of the molecule is COc1ccc(Br)cc1-c1nc(Cl)c(I)c(C(C)(C)C)n1. The summed E-state index contributed by atoms with van der Waals surface area (Å²) in [6.07, 6.45) is 0. The number of hydrogen-bond donors (Lipinski definition) is 0. The second-order valence-electron chi connectivity index (χ2n) is 5.60. The summed E-state index contributed by atoms with van der Waals surface area (Å²) < 4.78 is 7.23. The number of rotatable bonds is 2. The molecular weight excluding hydrogens is 466 g/mol. The van der Waals surface area contributed by atoms with Gasteiger partial charge < -0.3 is 4.74 Å². The molecule has 2 aromatic rings. The van der Waals surface area contributed by atoms with Crippen molar-refractivity contribution in [1.82, 2.24) is 9.97 Å². The molecule has 0 aliphatic heterocycles. The van der Waals surface area contributed by atoms with Crippen molar-refractivity contribution in [1.29, 1.82) is 0 Å². The number of hydrogen-bond acceptors (Lipinski definition) is 3. The minimum atomic E-state index is -0.114. The van der Waals surface area contributed by atoms with E-state index in [1.54, 1.807) is 7.11 Å². The molecule has 0 radical (unpaired) electrons. The van der Waals surface area contributed by atoms with E-state index >= 15 is 0 Å². The van der Waals surface area contributed by atoms with Crippen LogP contribution in [-0.4, -0.2) is 17.1 Å². The molecular formula is C15H15BrClIN2O. The summed E-state index contributed by atoms with van der Waals surface area (Å²) in [4.78, 5) is 9.13. The van der Waals surface area contributed by atoms with Crippen LogP contribution in [-0.2, 0) is 5.41 Å². The van der Waals surface area contributed by atoms with Crippen LogP contribution >= 0.6 is 50.1 Å². The van der Waals surface area contributed by atoms with Crippen molar-refractivity contribution in [3.63, 3.8) is 0 Å². The average molecular weight is 482 g/mol. The number of aromatic nitrogens is 2. The Balaban J connectivity index is 2.71. The lowest BCUT2D eigenvalue weighted by Gasteiger charge is -2.21. The van der Waals surface area contributed by atoms with Crippen LogP contribution < -0.4 is 4.74 Å². The molecule has 112 valence electrons. The summed E-state index contributed by atoms with van der Waals surface area (Å²) in [5.41, 5.74) is 1.63. The van der Waals surface area contributed by atoms with Crippen LogP contribution in [0.15, 0.2) is 22.7 Å². The van der Waals surface area contributed by atoms with Crippen molar-refractivity contribution in [2.75, 3.05) is 7.11 Å². The number of methoxy groups -OCH3 is 1. The Bertz CT molecular complexity index is 686. The minimum Gasteiger partial charge on any atom is -0.496 e. The second kappa shape index (κ2) is 6.38. The molecule has 21 heavy (non-hydrogen) atoms. The Morgan fingerprint density at radius 2 is 1.90 bits per heavy atom. The maximum atomic E-state index is 6.30. The predicted molar refractivity (Wildman–Crippen MR) is 98.1 cm³/mol. The van der Waals surface area contributed by atoms with E-state index in [9.17, 15) is 0 Å². The Morgan fingerprint density at radius 1 is 1.24 bits per heavy atom. The second-order valence-corrected chi connectivity index (χ2v) is 7.95. The average Bonchev–Trinajstić information content (AvgIpc) is 2.40. The summed E-state index contributed by atoms with van der Waals surface area (Å²) in [5.74, 6) is 1.29. The highest BCUT2D eigenvalue weighted by atomic mass is 127. The first-order valence-electron chi connectivity index (χ1n) is 6.31. The Kier molecular flexibility index (Phi) is 5.15. The lowest BCUT2D eigenvalue weighted by molar-refractivity contribution is 0.416. The van der Waals surface area contributed by atoms with Crippen LogP contribution in [0.3, 0.4) is 0 Å². The van der Waals surface area contributed by atoms with E-state index in [4.69, 9.17) is 21.3 Å². The van der Waals surface area contributed by atoms with Crippen molar-refractivity contribution < 1.29 is 4.74 Å². The van der Waals surface area contributed by atoms with Crippen molar-refractivity contribution in [3.05, 3.63) is 37.1 Å². The van der Waals surface area contributed by atoms with Crippen LogP contribution in [0, 0.1) is 3.57 Å². The summed E-state index contributed by atoms with van der Waals surface area (Å²) >= 11 is 12.0. The molecule has 1 aromatic carbocycles. The van der Waals surface area contributed by atoms with Gasteiger partial charge in [-0.25, -0.2) is 9.97 Å². The van der Waals surface area contributed by atoms with Gasteiger partial charge in [-0.05, 0) is 40.8 Å². The molecule has 0 aliphatic carbocycles. The zero-order valence-corrected chi connectivity index (χ0v) is 16.7. The highest BCUT2D eigenvalue weighted by Crippen LogP contribution is 2.35. The summed E-state index contributed by atoms with van der Waals surface area (Å²) in [7, 11) is 1.63. The molecule has 6 heteroatoms. The van der Waals surface area contributed by atoms with E-state index in [0.717, 1.165) is 25.0 Å². The first kappa shape index (κ1) is 17.0. The zero-order chi connectivity index (χ0) is 15.8. The fourth-order valence-corrected chi connectivity index (χ4v) is 3.47. The molecule has 1 heterocycles. The maximum Gasteiger partial charge on any atom is 0.164 e. The molecule has 0 bridgehead atoms. The Hall–Kier alpha value is -0.400. The van der Waals surface area contributed by atoms with Gasteiger partial charge in [-0.3, -0.25) is 0 Å². The molecule has 0 unspecified atom stereocenters. The molecule has 0 N–H and O–H groups in total. The molecule has 0 aliphatic rings. The Morgan fingerprint density at radius 3 is 2.48 bits per heavy atom. The molecule has 0 saturated heterocycles. The first-order chi connectivity index (χ1) is 9.74. The van der Waals surface area contributed by atoms with Crippen molar-refractivity contribution >= 4 is 50.1 Å². The van der Waals surface area contributed by atoms with Crippen molar-refractivity contribution in [2.24, 2.45) is 0 Å². The van der Waals surface area contributed by atoms with Gasteiger partial charge in [0.25, 0.3) is 0 Å². The van der Waals surface area contributed by atoms with Gasteiger partial charge >= 0.3 is 0 Å². The molecule has 0 amide bonds. The number of ether oxygens (including phenoxy) is 1. The molecule has 0 fully saturated rings. The van der Waals surface area contributed by atoms with Crippen molar-refractivity contribution in [2.45, 2.75) is 26.2 Å². The number of nitrogens with zero attached hydrogens (tertiary/aromatic N) is 2. The third kappa shape index (κ3) is 3.68. The third-order valence-electron chi connectivity index (χ3n) is 2.92. The maximum absolute atomic E-state index is 6.30. The van der Waals surface area contributed by atoms with E-state index in [1.165, 1.54) is 0 Å². The summed E-state index contributed by atoms with van der Waals surface area (Å²) in [6, 6.07) is 5.73. The van der Waals surface area contributed by atoms with Gasteiger partial charge in [0.05, 0.1) is 21.9 Å². The van der Waals surface area contributed by atoms with Gasteiger partial charge in [0.2, 0.25) is 0 Å². The summed E-state index contributed by atoms with van der Waals surface area (Å²) in [6.45, 7) is 6.32. The monoisotopic (exact) mass is 480 g/mol. The predicted octanol–water partition coefficient (Wildman–Crippen LogP) is 5.47. The quantitative estimate of drug-likeness (QED) is 0.422. The molecule has 2 rings (SSSR count).